The van der Waals surface area contributed by atoms with Gasteiger partial charge in [-0.05, 0) is 13.8 Å². The van der Waals surface area contributed by atoms with Gasteiger partial charge in [-0.15, -0.1) is 0 Å². The van der Waals surface area contributed by atoms with Crippen molar-refractivity contribution in [2.75, 3.05) is 0 Å². The molecule has 0 unspecified atom stereocenters. The molecule has 0 radical (unpaired) electrons. The zero-order valence-electron chi connectivity index (χ0n) is 10.4. The first-order chi connectivity index (χ1) is 4.56. The summed E-state index contributed by atoms with van der Waals surface area (Å²) in [6.07, 6.45) is 3.83. The Kier molecular flexibility index (Phi) is 279. The number of aliphatic hydroxyl groups is 1. The minimum Gasteiger partial charge on any atom is -2.00 e. The Morgan fingerprint density at radius 1 is 0.733 bits per heavy atom. The summed E-state index contributed by atoms with van der Waals surface area (Å²) in [5.41, 5.74) is 0. The standard InChI is InChI=1S/C3H8O.2C3H7.2Hf.3O/c1-3(2)4;2*1-3-2;;;;;/h3-4H,1-2H3;2*3H,1-2H3;;;;;/q;2*-1;2*+4;3*-2. The van der Waals surface area contributed by atoms with Crippen molar-refractivity contribution in [2.45, 2.75) is 47.6 Å². The van der Waals surface area contributed by atoms with Crippen LogP contribution in [0.25, 0.3) is 0 Å². The Labute approximate surface area is 133 Å². The SMILES string of the molecule is CC(C)O.C[CH-]C.C[CH-]C.[Hf+4].[Hf+4].[O-2].[O-2].[O-2]. The number of aliphatic hydroxyl groups excluding tert-OH is 1. The summed E-state index contributed by atoms with van der Waals surface area (Å²) in [5, 5.41) is 8.06. The van der Waals surface area contributed by atoms with Crippen LogP contribution in [0.2, 0.25) is 0 Å². The van der Waals surface area contributed by atoms with Crippen LogP contribution in [-0.4, -0.2) is 11.2 Å². The van der Waals surface area contributed by atoms with Gasteiger partial charge >= 0.3 is 51.7 Å². The number of hydrogen-bond donors (Lipinski definition) is 1. The van der Waals surface area contributed by atoms with Gasteiger partial charge in [-0.1, -0.05) is 0 Å². The first-order valence-corrected chi connectivity index (χ1v) is 3.72. The molecule has 0 saturated carbocycles. The van der Waals surface area contributed by atoms with Gasteiger partial charge in [-0.3, -0.25) is 0 Å². The topological polar surface area (TPSA) is 106 Å². The van der Waals surface area contributed by atoms with Crippen LogP contribution in [0.15, 0.2) is 0 Å². The molecule has 0 fully saturated rings. The van der Waals surface area contributed by atoms with Gasteiger partial charge in [-0.2, -0.15) is 27.7 Å². The van der Waals surface area contributed by atoms with Crippen LogP contribution in [0.3, 0.4) is 0 Å². The molecule has 0 aromatic carbocycles. The third kappa shape index (κ3) is 1150. The molecule has 0 aliphatic rings. The van der Waals surface area contributed by atoms with E-state index in [4.69, 9.17) is 5.11 Å². The van der Waals surface area contributed by atoms with Crippen molar-refractivity contribution in [3.8, 4) is 0 Å². The van der Waals surface area contributed by atoms with Crippen molar-refractivity contribution in [1.82, 2.24) is 0 Å². The average Bonchev–Trinajstić information content (AvgIpc) is 1.65. The molecule has 0 aliphatic carbocycles. The molecule has 0 aromatic heterocycles. The molecule has 4 nitrogen and oxygen atoms in total. The van der Waals surface area contributed by atoms with E-state index in [1.165, 1.54) is 0 Å². The zero-order valence-corrected chi connectivity index (χ0v) is 17.6. The maximum absolute atomic E-state index is 8.06. The second-order valence-corrected chi connectivity index (χ2v) is 2.25. The average molecular weight is 551 g/mol. The van der Waals surface area contributed by atoms with Crippen molar-refractivity contribution >= 4 is 0 Å². The van der Waals surface area contributed by atoms with E-state index < -0.39 is 0 Å². The van der Waals surface area contributed by atoms with Gasteiger partial charge in [-0.25, -0.2) is 0 Å². The molecule has 0 aliphatic heterocycles. The first-order valence-electron chi connectivity index (χ1n) is 3.72. The summed E-state index contributed by atoms with van der Waals surface area (Å²) in [5.74, 6) is 0. The Morgan fingerprint density at radius 2 is 0.733 bits per heavy atom. The van der Waals surface area contributed by atoms with Crippen LogP contribution in [-0.2, 0) is 68.1 Å². The van der Waals surface area contributed by atoms with Crippen LogP contribution in [0.4, 0.5) is 0 Å². The van der Waals surface area contributed by atoms with E-state index in [0.29, 0.717) is 0 Å². The first kappa shape index (κ1) is 54.7. The van der Waals surface area contributed by atoms with E-state index in [2.05, 4.69) is 0 Å². The molecule has 0 heterocycles. The maximum Gasteiger partial charge on any atom is 4.00 e. The van der Waals surface area contributed by atoms with Gasteiger partial charge in [0, 0.05) is 6.10 Å². The van der Waals surface area contributed by atoms with Crippen LogP contribution in [0.1, 0.15) is 41.5 Å². The molecule has 6 heteroatoms. The molecular formula is C9H22Hf2O4. The second kappa shape index (κ2) is 76.5. The van der Waals surface area contributed by atoms with Crippen LogP contribution in [0.5, 0.6) is 0 Å². The van der Waals surface area contributed by atoms with Gasteiger partial charge in [0.05, 0.1) is 0 Å². The molecule has 0 spiro atoms. The fourth-order valence-corrected chi connectivity index (χ4v) is 0. The molecular weight excluding hydrogens is 529 g/mol. The van der Waals surface area contributed by atoms with E-state index in [1.54, 1.807) is 13.8 Å². The van der Waals surface area contributed by atoms with Crippen molar-refractivity contribution < 1.29 is 73.2 Å². The van der Waals surface area contributed by atoms with Gasteiger partial charge < -0.3 is 34.4 Å². The molecule has 15 heavy (non-hydrogen) atoms. The van der Waals surface area contributed by atoms with Gasteiger partial charge in [0.1, 0.15) is 0 Å². The molecule has 0 amide bonds. The molecule has 0 saturated heterocycles. The predicted octanol–water partition coefficient (Wildman–Crippen LogP) is 2.49. The van der Waals surface area contributed by atoms with Crippen LogP contribution < -0.4 is 0 Å². The minimum absolute atomic E-state index is 0. The summed E-state index contributed by atoms with van der Waals surface area (Å²) in [4.78, 5) is 0. The van der Waals surface area contributed by atoms with E-state index in [0.717, 1.165) is 0 Å². The largest absolute Gasteiger partial charge is 4.00 e. The maximum atomic E-state index is 8.06. The number of hydrogen-bond acceptors (Lipinski definition) is 1. The number of rotatable bonds is 0. The van der Waals surface area contributed by atoms with Gasteiger partial charge in [0.25, 0.3) is 0 Å². The summed E-state index contributed by atoms with van der Waals surface area (Å²) >= 11 is 0. The molecule has 0 atom stereocenters. The summed E-state index contributed by atoms with van der Waals surface area (Å²) in [6, 6.07) is 0. The molecule has 90 valence electrons. The second-order valence-electron chi connectivity index (χ2n) is 2.25. The van der Waals surface area contributed by atoms with E-state index in [1.807, 2.05) is 40.5 Å². The van der Waals surface area contributed by atoms with Crippen molar-refractivity contribution in [2.24, 2.45) is 0 Å². The van der Waals surface area contributed by atoms with Crippen molar-refractivity contribution in [1.29, 1.82) is 0 Å². The fourth-order valence-electron chi connectivity index (χ4n) is 0. The third-order valence-electron chi connectivity index (χ3n) is 0. The molecule has 0 aromatic rings. The van der Waals surface area contributed by atoms with Gasteiger partial charge in [0.15, 0.2) is 0 Å². The Bertz CT molecular complexity index is 36.5. The van der Waals surface area contributed by atoms with Crippen LogP contribution >= 0.6 is 0 Å². The smallest absolute Gasteiger partial charge is 2.00 e. The van der Waals surface area contributed by atoms with E-state index in [-0.39, 0.29) is 74.2 Å². The molecule has 0 rings (SSSR count). The monoisotopic (exact) mass is 554 g/mol. The predicted molar refractivity (Wildman–Crippen MR) is 50.7 cm³/mol. The van der Waals surface area contributed by atoms with Crippen LogP contribution in [0, 0.1) is 12.8 Å². The third-order valence-corrected chi connectivity index (χ3v) is 0. The Morgan fingerprint density at radius 3 is 0.733 bits per heavy atom. The quantitative estimate of drug-likeness (QED) is 0.363. The van der Waals surface area contributed by atoms with Crippen molar-refractivity contribution in [3.05, 3.63) is 12.8 Å². The zero-order chi connectivity index (χ0) is 8.99. The van der Waals surface area contributed by atoms with E-state index >= 15 is 0 Å². The summed E-state index contributed by atoms with van der Waals surface area (Å²) in [7, 11) is 0. The Balaban J connectivity index is -0.00000000707. The molecule has 1 N–H and O–H groups in total. The Hall–Kier alpha value is 1.58. The normalized spacial score (nSPS) is 4.80. The van der Waals surface area contributed by atoms with Gasteiger partial charge in [0.2, 0.25) is 0 Å². The van der Waals surface area contributed by atoms with E-state index in [9.17, 15) is 0 Å². The summed E-state index contributed by atoms with van der Waals surface area (Å²) < 4.78 is 0. The minimum atomic E-state index is -0.167. The fraction of sp³-hybridized carbons (Fsp3) is 0.778. The van der Waals surface area contributed by atoms with Crippen molar-refractivity contribution in [3.63, 3.8) is 0 Å². The molecule has 0 bridgehead atoms. The summed E-state index contributed by atoms with van der Waals surface area (Å²) in [6.45, 7) is 11.4.